The lowest BCUT2D eigenvalue weighted by Crippen LogP contribution is -2.39. The zero-order valence-electron chi connectivity index (χ0n) is 13.8. The first kappa shape index (κ1) is 16.8. The summed E-state index contributed by atoms with van der Waals surface area (Å²) in [6, 6.07) is 0.314. The average molecular weight is 300 g/mol. The minimum absolute atomic E-state index is 0.0913. The highest BCUT2D eigenvalue weighted by Crippen LogP contribution is 2.22. The monoisotopic (exact) mass is 300 g/mol. The van der Waals surface area contributed by atoms with E-state index < -0.39 is 0 Å². The fraction of sp³-hybridized carbons (Fsp3) is 0.632. The first-order valence-electron chi connectivity index (χ1n) is 8.56. The van der Waals surface area contributed by atoms with Crippen LogP contribution in [0.5, 0.6) is 0 Å². The second kappa shape index (κ2) is 8.80. The topological polar surface area (TPSA) is 41.1 Å². The highest BCUT2D eigenvalue weighted by Gasteiger charge is 2.15. The van der Waals surface area contributed by atoms with Gasteiger partial charge >= 0.3 is 0 Å². The van der Waals surface area contributed by atoms with E-state index in [4.69, 9.17) is 0 Å². The van der Waals surface area contributed by atoms with Gasteiger partial charge in [0.25, 0.3) is 0 Å². The average Bonchev–Trinajstić information content (AvgIpc) is 2.52. The van der Waals surface area contributed by atoms with Crippen LogP contribution in [0, 0.1) is 17.8 Å². The van der Waals surface area contributed by atoms with Crippen LogP contribution >= 0.6 is 0 Å². The molecule has 2 atom stereocenters. The summed E-state index contributed by atoms with van der Waals surface area (Å²) in [6.07, 6.45) is 13.0. The Bertz CT molecular complexity index is 489. The molecule has 3 heteroatoms. The number of allylic oxidation sites excluding steroid dienone is 2. The van der Waals surface area contributed by atoms with Crippen molar-refractivity contribution in [2.75, 3.05) is 6.54 Å². The van der Waals surface area contributed by atoms with E-state index in [1.165, 1.54) is 32.1 Å². The maximum Gasteiger partial charge on any atom is 0.221 e. The normalized spacial score (nSPS) is 29.4. The van der Waals surface area contributed by atoms with Gasteiger partial charge in [0.15, 0.2) is 0 Å². The minimum atomic E-state index is 0.0913. The molecular formula is C19H28N2O. The number of amides is 1. The van der Waals surface area contributed by atoms with Gasteiger partial charge in [-0.1, -0.05) is 43.3 Å². The van der Waals surface area contributed by atoms with Crippen molar-refractivity contribution in [1.82, 2.24) is 10.6 Å². The molecule has 0 aromatic carbocycles. The van der Waals surface area contributed by atoms with Crippen LogP contribution in [-0.2, 0) is 4.79 Å². The minimum Gasteiger partial charge on any atom is -0.353 e. The lowest BCUT2D eigenvalue weighted by atomic mass is 9.89. The number of carbonyl (C=O) groups excluding carboxylic acids is 1. The second-order valence-electron chi connectivity index (χ2n) is 6.45. The molecule has 1 aliphatic carbocycles. The molecule has 2 aliphatic rings. The summed E-state index contributed by atoms with van der Waals surface area (Å²) in [4.78, 5) is 11.7. The van der Waals surface area contributed by atoms with E-state index in [9.17, 15) is 4.79 Å². The number of hydrogen-bond acceptors (Lipinski definition) is 2. The van der Waals surface area contributed by atoms with Crippen LogP contribution < -0.4 is 10.6 Å². The van der Waals surface area contributed by atoms with Crippen LogP contribution in [0.1, 0.15) is 52.4 Å². The Labute approximate surface area is 134 Å². The lowest BCUT2D eigenvalue weighted by Gasteiger charge is -2.20. The fourth-order valence-corrected chi connectivity index (χ4v) is 3.06. The summed E-state index contributed by atoms with van der Waals surface area (Å²) in [6.45, 7) is 4.76. The quantitative estimate of drug-likeness (QED) is 0.675. The molecule has 22 heavy (non-hydrogen) atoms. The van der Waals surface area contributed by atoms with Crippen molar-refractivity contribution < 1.29 is 4.79 Å². The Morgan fingerprint density at radius 2 is 1.95 bits per heavy atom. The Hall–Kier alpha value is -1.53. The summed E-state index contributed by atoms with van der Waals surface area (Å²) in [5.74, 6) is 7.52. The standard InChI is InChI=1S/C19H28N2O/c1-15-14-19(22)20-13-7-6-10-18(16(2)21-15)12-11-17-8-4-3-5-9-17/h6-7,10,15-17,21H,3-5,8-9,13-14H2,1-2H3,(H,20,22)/b7-6-,18-10?/t15-,16?/m1/s1. The summed E-state index contributed by atoms with van der Waals surface area (Å²) >= 11 is 0. The third-order valence-corrected chi connectivity index (χ3v) is 4.35. The maximum atomic E-state index is 11.7. The molecule has 0 aromatic heterocycles. The SMILES string of the molecule is CC1N[C@H](C)CC(=O)NC/C=C\C=C1C#CC1CCCCC1. The van der Waals surface area contributed by atoms with Crippen LogP contribution in [0.3, 0.4) is 0 Å². The number of nitrogens with one attached hydrogen (secondary N) is 2. The molecule has 1 saturated carbocycles. The van der Waals surface area contributed by atoms with Gasteiger partial charge in [-0.3, -0.25) is 4.79 Å². The fourth-order valence-electron chi connectivity index (χ4n) is 3.06. The Balaban J connectivity index is 2.08. The van der Waals surface area contributed by atoms with Crippen molar-refractivity contribution >= 4 is 5.91 Å². The van der Waals surface area contributed by atoms with E-state index in [-0.39, 0.29) is 18.0 Å². The van der Waals surface area contributed by atoms with Gasteiger partial charge in [-0.25, -0.2) is 0 Å². The highest BCUT2D eigenvalue weighted by atomic mass is 16.1. The van der Waals surface area contributed by atoms with Gasteiger partial charge in [0.05, 0.1) is 0 Å². The van der Waals surface area contributed by atoms with Crippen molar-refractivity contribution in [2.24, 2.45) is 5.92 Å². The van der Waals surface area contributed by atoms with E-state index in [0.29, 0.717) is 18.9 Å². The molecule has 3 nitrogen and oxygen atoms in total. The summed E-state index contributed by atoms with van der Waals surface area (Å²) in [5, 5.41) is 6.37. The molecule has 1 aliphatic heterocycles. The number of carbonyl (C=O) groups is 1. The van der Waals surface area contributed by atoms with Gasteiger partial charge in [0.1, 0.15) is 0 Å². The van der Waals surface area contributed by atoms with Crippen LogP contribution in [0.15, 0.2) is 23.8 Å². The zero-order valence-corrected chi connectivity index (χ0v) is 13.8. The third kappa shape index (κ3) is 5.69. The predicted molar refractivity (Wildman–Crippen MR) is 91.3 cm³/mol. The Morgan fingerprint density at radius 3 is 2.73 bits per heavy atom. The Morgan fingerprint density at radius 1 is 1.18 bits per heavy atom. The van der Waals surface area contributed by atoms with E-state index in [2.05, 4.69) is 35.5 Å². The van der Waals surface area contributed by atoms with Gasteiger partial charge in [0, 0.05) is 36.5 Å². The van der Waals surface area contributed by atoms with Crippen molar-refractivity contribution in [3.05, 3.63) is 23.8 Å². The van der Waals surface area contributed by atoms with Crippen molar-refractivity contribution in [3.63, 3.8) is 0 Å². The van der Waals surface area contributed by atoms with E-state index in [0.717, 1.165) is 5.57 Å². The van der Waals surface area contributed by atoms with Crippen LogP contribution in [0.4, 0.5) is 0 Å². The van der Waals surface area contributed by atoms with Crippen molar-refractivity contribution in [2.45, 2.75) is 64.5 Å². The molecule has 2 rings (SSSR count). The third-order valence-electron chi connectivity index (χ3n) is 4.35. The lowest BCUT2D eigenvalue weighted by molar-refractivity contribution is -0.121. The highest BCUT2D eigenvalue weighted by molar-refractivity contribution is 5.76. The van der Waals surface area contributed by atoms with Crippen LogP contribution in [0.2, 0.25) is 0 Å². The zero-order chi connectivity index (χ0) is 15.8. The maximum absolute atomic E-state index is 11.7. The van der Waals surface area contributed by atoms with Gasteiger partial charge < -0.3 is 10.6 Å². The Kier molecular flexibility index (Phi) is 6.74. The molecule has 120 valence electrons. The molecule has 0 bridgehead atoms. The summed E-state index contributed by atoms with van der Waals surface area (Å²) < 4.78 is 0. The van der Waals surface area contributed by atoms with Crippen molar-refractivity contribution in [3.8, 4) is 11.8 Å². The second-order valence-corrected chi connectivity index (χ2v) is 6.45. The largest absolute Gasteiger partial charge is 0.353 e. The molecular weight excluding hydrogens is 272 g/mol. The molecule has 0 aromatic rings. The van der Waals surface area contributed by atoms with E-state index in [1.54, 1.807) is 0 Å². The van der Waals surface area contributed by atoms with Crippen LogP contribution in [0.25, 0.3) is 0 Å². The van der Waals surface area contributed by atoms with Crippen LogP contribution in [-0.4, -0.2) is 24.5 Å². The van der Waals surface area contributed by atoms with Crippen molar-refractivity contribution in [1.29, 1.82) is 0 Å². The molecule has 1 heterocycles. The van der Waals surface area contributed by atoms with Gasteiger partial charge in [0.2, 0.25) is 5.91 Å². The van der Waals surface area contributed by atoms with Gasteiger partial charge in [-0.2, -0.15) is 0 Å². The molecule has 0 radical (unpaired) electrons. The predicted octanol–water partition coefficient (Wildman–Crippen LogP) is 2.94. The number of rotatable bonds is 0. The first-order chi connectivity index (χ1) is 10.6. The van der Waals surface area contributed by atoms with Gasteiger partial charge in [-0.05, 0) is 32.8 Å². The van der Waals surface area contributed by atoms with E-state index in [1.807, 2.05) is 19.1 Å². The molecule has 0 saturated heterocycles. The summed E-state index contributed by atoms with van der Waals surface area (Å²) in [7, 11) is 0. The summed E-state index contributed by atoms with van der Waals surface area (Å²) in [5.41, 5.74) is 1.11. The molecule has 0 spiro atoms. The molecule has 1 amide bonds. The van der Waals surface area contributed by atoms with E-state index >= 15 is 0 Å². The molecule has 2 N–H and O–H groups in total. The first-order valence-corrected chi connectivity index (χ1v) is 8.56. The molecule has 1 fully saturated rings. The van der Waals surface area contributed by atoms with Gasteiger partial charge in [-0.15, -0.1) is 0 Å². The molecule has 1 unspecified atom stereocenters. The number of hydrogen-bond donors (Lipinski definition) is 2. The smallest absolute Gasteiger partial charge is 0.221 e.